The van der Waals surface area contributed by atoms with Gasteiger partial charge in [0.05, 0.1) is 18.7 Å². The molecule has 126 valence electrons. The summed E-state index contributed by atoms with van der Waals surface area (Å²) >= 11 is 9.38. The Labute approximate surface area is 153 Å². The van der Waals surface area contributed by atoms with Gasteiger partial charge in [0, 0.05) is 12.3 Å². The van der Waals surface area contributed by atoms with E-state index in [4.69, 9.17) is 25.8 Å². The summed E-state index contributed by atoms with van der Waals surface area (Å²) in [5, 5.41) is 0.395. The van der Waals surface area contributed by atoms with Crippen molar-refractivity contribution in [3.05, 3.63) is 51.7 Å². The number of rotatable bonds is 6. The summed E-state index contributed by atoms with van der Waals surface area (Å²) < 4.78 is 16.4. The van der Waals surface area contributed by atoms with Crippen molar-refractivity contribution >= 4 is 39.6 Å². The molecule has 2 rings (SSSR count). The Bertz CT molecular complexity index is 764. The Balaban J connectivity index is 2.16. The van der Waals surface area contributed by atoms with E-state index in [0.29, 0.717) is 39.0 Å². The first-order valence-corrected chi connectivity index (χ1v) is 8.23. The monoisotopic (exact) mass is 411 g/mol. The van der Waals surface area contributed by atoms with Crippen molar-refractivity contribution in [1.29, 1.82) is 0 Å². The van der Waals surface area contributed by atoms with Crippen LogP contribution in [0.25, 0.3) is 6.08 Å². The summed E-state index contributed by atoms with van der Waals surface area (Å²) in [4.78, 5) is 15.9. The number of hydrogen-bond donors (Lipinski definition) is 0. The third kappa shape index (κ3) is 4.72. The molecule has 0 unspecified atom stereocenters. The Hall–Kier alpha value is -2.05. The minimum atomic E-state index is -0.534. The van der Waals surface area contributed by atoms with Gasteiger partial charge in [0.1, 0.15) is 4.60 Å². The zero-order chi connectivity index (χ0) is 17.5. The Morgan fingerprint density at radius 3 is 2.83 bits per heavy atom. The molecule has 0 radical (unpaired) electrons. The van der Waals surface area contributed by atoms with Gasteiger partial charge in [0.15, 0.2) is 17.2 Å². The molecular formula is C17H15BrClNO4. The lowest BCUT2D eigenvalue weighted by atomic mass is 10.2. The van der Waals surface area contributed by atoms with Crippen molar-refractivity contribution in [1.82, 2.24) is 4.98 Å². The first-order chi connectivity index (χ1) is 11.5. The summed E-state index contributed by atoms with van der Waals surface area (Å²) in [5.41, 5.74) is 0.687. The Morgan fingerprint density at radius 2 is 2.17 bits per heavy atom. The Kier molecular flexibility index (Phi) is 6.63. The van der Waals surface area contributed by atoms with Crippen molar-refractivity contribution in [2.45, 2.75) is 6.92 Å². The number of pyridine rings is 1. The van der Waals surface area contributed by atoms with Gasteiger partial charge in [-0.05, 0) is 58.8 Å². The molecule has 0 fully saturated rings. The maximum atomic E-state index is 11.9. The smallest absolute Gasteiger partial charge is 0.336 e. The zero-order valence-electron chi connectivity index (χ0n) is 13.1. The fourth-order valence-corrected chi connectivity index (χ4v) is 2.53. The first kappa shape index (κ1) is 18.3. The first-order valence-electron chi connectivity index (χ1n) is 7.06. The van der Waals surface area contributed by atoms with Gasteiger partial charge >= 0.3 is 5.97 Å². The van der Waals surface area contributed by atoms with Crippen LogP contribution in [0.3, 0.4) is 0 Å². The molecule has 0 atom stereocenters. The predicted molar refractivity (Wildman–Crippen MR) is 95.8 cm³/mol. The molecule has 1 aromatic carbocycles. The summed E-state index contributed by atoms with van der Waals surface area (Å²) in [5.74, 6) is 0.775. The molecular weight excluding hydrogens is 398 g/mol. The second-order valence-electron chi connectivity index (χ2n) is 4.51. The number of hydrogen-bond acceptors (Lipinski definition) is 5. The number of aromatic nitrogens is 1. The van der Waals surface area contributed by atoms with E-state index in [0.717, 1.165) is 0 Å². The van der Waals surface area contributed by atoms with Gasteiger partial charge in [-0.25, -0.2) is 9.78 Å². The lowest BCUT2D eigenvalue weighted by molar-refractivity contribution is -0.128. The van der Waals surface area contributed by atoms with Crippen LogP contribution in [0.5, 0.6) is 17.2 Å². The van der Waals surface area contributed by atoms with E-state index < -0.39 is 5.97 Å². The summed E-state index contributed by atoms with van der Waals surface area (Å²) in [6.45, 7) is 2.33. The molecule has 0 aliphatic carbocycles. The van der Waals surface area contributed by atoms with E-state index in [1.807, 2.05) is 6.92 Å². The average molecular weight is 413 g/mol. The zero-order valence-corrected chi connectivity index (χ0v) is 15.4. The van der Waals surface area contributed by atoms with E-state index in [1.165, 1.54) is 13.2 Å². The molecule has 1 aromatic heterocycles. The van der Waals surface area contributed by atoms with Crippen LogP contribution in [0.4, 0.5) is 0 Å². The molecule has 1 heterocycles. The minimum Gasteiger partial charge on any atom is -0.491 e. The summed E-state index contributed by atoms with van der Waals surface area (Å²) in [6, 6.07) is 6.72. The number of carbonyl (C=O) groups excluding carboxylic acids is 1. The van der Waals surface area contributed by atoms with Crippen LogP contribution in [0, 0.1) is 0 Å². The molecule has 5 nitrogen and oxygen atoms in total. The maximum Gasteiger partial charge on any atom is 0.336 e. The molecule has 0 N–H and O–H groups in total. The third-order valence-corrected chi connectivity index (χ3v) is 3.76. The van der Waals surface area contributed by atoms with E-state index >= 15 is 0 Å². The molecule has 0 bridgehead atoms. The molecule has 0 aliphatic rings. The lowest BCUT2D eigenvalue weighted by Crippen LogP contribution is -2.04. The van der Waals surface area contributed by atoms with Gasteiger partial charge in [-0.1, -0.05) is 11.6 Å². The van der Waals surface area contributed by atoms with Crippen molar-refractivity contribution in [3.63, 3.8) is 0 Å². The summed E-state index contributed by atoms with van der Waals surface area (Å²) in [6.07, 6.45) is 4.47. The van der Waals surface area contributed by atoms with Crippen molar-refractivity contribution < 1.29 is 19.0 Å². The minimum absolute atomic E-state index is 0.343. The molecule has 0 aliphatic heterocycles. The van der Waals surface area contributed by atoms with Gasteiger partial charge in [0.25, 0.3) is 0 Å². The molecule has 0 saturated heterocycles. The van der Waals surface area contributed by atoms with Gasteiger partial charge in [-0.2, -0.15) is 0 Å². The van der Waals surface area contributed by atoms with Crippen LogP contribution in [-0.4, -0.2) is 24.7 Å². The number of benzene rings is 1. The highest BCUT2D eigenvalue weighted by molar-refractivity contribution is 9.10. The molecule has 2 aromatic rings. The molecule has 0 amide bonds. The number of halogens is 2. The number of esters is 1. The van der Waals surface area contributed by atoms with Crippen LogP contribution >= 0.6 is 27.5 Å². The van der Waals surface area contributed by atoms with E-state index in [2.05, 4.69) is 20.9 Å². The number of ether oxygens (including phenoxy) is 3. The molecule has 0 saturated carbocycles. The SMILES string of the molecule is CCOc1cc(C=CC(=O)Oc2cccnc2Br)cc(Cl)c1OC. The largest absolute Gasteiger partial charge is 0.491 e. The highest BCUT2D eigenvalue weighted by atomic mass is 79.9. The quantitative estimate of drug-likeness (QED) is 0.396. The highest BCUT2D eigenvalue weighted by Crippen LogP contribution is 2.36. The second-order valence-corrected chi connectivity index (χ2v) is 5.67. The number of methoxy groups -OCH3 is 1. The lowest BCUT2D eigenvalue weighted by Gasteiger charge is -2.11. The fraction of sp³-hybridized carbons (Fsp3) is 0.176. The number of carbonyl (C=O) groups is 1. The van der Waals surface area contributed by atoms with Crippen LogP contribution in [-0.2, 0) is 4.79 Å². The van der Waals surface area contributed by atoms with Gasteiger partial charge in [-0.3, -0.25) is 0 Å². The van der Waals surface area contributed by atoms with Crippen LogP contribution in [0.15, 0.2) is 41.1 Å². The van der Waals surface area contributed by atoms with Gasteiger partial charge in [0.2, 0.25) is 0 Å². The van der Waals surface area contributed by atoms with Gasteiger partial charge < -0.3 is 14.2 Å². The number of nitrogens with zero attached hydrogens (tertiary/aromatic N) is 1. The van der Waals surface area contributed by atoms with Crippen molar-refractivity contribution in [2.75, 3.05) is 13.7 Å². The van der Waals surface area contributed by atoms with Gasteiger partial charge in [-0.15, -0.1) is 0 Å². The van der Waals surface area contributed by atoms with Crippen molar-refractivity contribution in [2.24, 2.45) is 0 Å². The standard InChI is InChI=1S/C17H15BrClNO4/c1-3-23-14-10-11(9-12(19)16(14)22-2)6-7-15(21)24-13-5-4-8-20-17(13)18/h4-10H,3H2,1-2H3. The maximum absolute atomic E-state index is 11.9. The van der Waals surface area contributed by atoms with Crippen LogP contribution < -0.4 is 14.2 Å². The fourth-order valence-electron chi connectivity index (χ4n) is 1.90. The Morgan fingerprint density at radius 1 is 1.38 bits per heavy atom. The predicted octanol–water partition coefficient (Wildman–Crippen LogP) is 4.52. The normalized spacial score (nSPS) is 10.7. The second kappa shape index (κ2) is 8.70. The summed E-state index contributed by atoms with van der Waals surface area (Å²) in [7, 11) is 1.52. The molecule has 7 heteroatoms. The molecule has 24 heavy (non-hydrogen) atoms. The highest BCUT2D eigenvalue weighted by Gasteiger charge is 2.11. The van der Waals surface area contributed by atoms with Crippen LogP contribution in [0.1, 0.15) is 12.5 Å². The van der Waals surface area contributed by atoms with Crippen molar-refractivity contribution in [3.8, 4) is 17.2 Å². The van der Waals surface area contributed by atoms with Crippen LogP contribution in [0.2, 0.25) is 5.02 Å². The van der Waals surface area contributed by atoms with E-state index in [9.17, 15) is 4.79 Å². The topological polar surface area (TPSA) is 57.7 Å². The van der Waals surface area contributed by atoms with E-state index in [1.54, 1.807) is 36.5 Å². The third-order valence-electron chi connectivity index (χ3n) is 2.88. The average Bonchev–Trinajstić information content (AvgIpc) is 2.55. The van der Waals surface area contributed by atoms with E-state index in [-0.39, 0.29) is 0 Å². The molecule has 0 spiro atoms.